The minimum atomic E-state index is 0.310. The van der Waals surface area contributed by atoms with Gasteiger partial charge in [0.1, 0.15) is 5.82 Å². The van der Waals surface area contributed by atoms with Crippen molar-refractivity contribution in [1.82, 2.24) is 24.9 Å². The number of rotatable bonds is 12. The lowest BCUT2D eigenvalue weighted by Gasteiger charge is -2.21. The van der Waals surface area contributed by atoms with Crippen LogP contribution in [0.25, 0.3) is 5.65 Å². The lowest BCUT2D eigenvalue weighted by Crippen LogP contribution is -2.15. The molecule has 0 spiro atoms. The number of benzene rings is 1. The molecule has 176 valence electrons. The van der Waals surface area contributed by atoms with Crippen molar-refractivity contribution in [3.05, 3.63) is 101 Å². The van der Waals surface area contributed by atoms with Crippen LogP contribution in [0.15, 0.2) is 84.4 Å². The summed E-state index contributed by atoms with van der Waals surface area (Å²) in [4.78, 5) is 9.25. The number of nitrogens with one attached hydrogen (secondary N) is 2. The maximum absolute atomic E-state index is 5.03. The number of pyridine rings is 1. The molecule has 7 heteroatoms. The molecular weight excluding hydrogens is 488 g/mol. The molecule has 4 rings (SSSR count). The Morgan fingerprint density at radius 1 is 1.09 bits per heavy atom. The van der Waals surface area contributed by atoms with E-state index in [1.807, 2.05) is 16.8 Å². The van der Waals surface area contributed by atoms with E-state index in [9.17, 15) is 0 Å². The molecule has 2 unspecified atom stereocenters. The zero-order valence-electron chi connectivity index (χ0n) is 19.5. The SMILES string of the molecule is C=CNCCC(CCC(C)c1ccccc1)c1cc(NCc2cccnc2)n2ncc(Br)c2n1. The standard InChI is InChI=1S/C27H31BrN6/c1-3-29-15-13-23(12-11-20(2)22-9-5-4-6-10-22)25-16-26(31-18-21-8-7-14-30-17-21)34-27(33-25)24(28)19-32-34/h3-10,14,16-17,19-20,23,29,31H,1,11-13,15,18H2,2H3. The minimum Gasteiger partial charge on any atom is -0.391 e. The summed E-state index contributed by atoms with van der Waals surface area (Å²) in [5.41, 5.74) is 4.40. The molecule has 2 N–H and O–H groups in total. The monoisotopic (exact) mass is 518 g/mol. The van der Waals surface area contributed by atoms with Crippen molar-refractivity contribution in [2.75, 3.05) is 11.9 Å². The summed E-state index contributed by atoms with van der Waals surface area (Å²) in [5.74, 6) is 1.72. The van der Waals surface area contributed by atoms with E-state index < -0.39 is 0 Å². The molecule has 3 heterocycles. The lowest BCUT2D eigenvalue weighted by atomic mass is 9.88. The zero-order chi connectivity index (χ0) is 23.8. The van der Waals surface area contributed by atoms with Crippen LogP contribution in [-0.4, -0.2) is 26.1 Å². The summed E-state index contributed by atoms with van der Waals surface area (Å²) in [7, 11) is 0. The first kappa shape index (κ1) is 24.0. The molecule has 1 aromatic carbocycles. The van der Waals surface area contributed by atoms with Gasteiger partial charge in [0, 0.05) is 43.2 Å². The molecule has 6 nitrogen and oxygen atoms in total. The van der Waals surface area contributed by atoms with E-state index in [-0.39, 0.29) is 0 Å². The fraction of sp³-hybridized carbons (Fsp3) is 0.296. The fourth-order valence-electron chi connectivity index (χ4n) is 4.18. The van der Waals surface area contributed by atoms with Crippen LogP contribution in [0.1, 0.15) is 54.8 Å². The highest BCUT2D eigenvalue weighted by Gasteiger charge is 2.19. The second-order valence-electron chi connectivity index (χ2n) is 8.54. The zero-order valence-corrected chi connectivity index (χ0v) is 21.1. The Bertz CT molecular complexity index is 1190. The number of fused-ring (bicyclic) bond motifs is 1. The largest absolute Gasteiger partial charge is 0.391 e. The van der Waals surface area contributed by atoms with Crippen LogP contribution in [0.2, 0.25) is 0 Å². The van der Waals surface area contributed by atoms with Gasteiger partial charge in [0.2, 0.25) is 0 Å². The van der Waals surface area contributed by atoms with Gasteiger partial charge in [-0.05, 0) is 64.5 Å². The van der Waals surface area contributed by atoms with Gasteiger partial charge in [-0.3, -0.25) is 4.98 Å². The predicted molar refractivity (Wildman–Crippen MR) is 142 cm³/mol. The number of anilines is 1. The molecule has 34 heavy (non-hydrogen) atoms. The van der Waals surface area contributed by atoms with Gasteiger partial charge in [0.05, 0.1) is 10.7 Å². The Morgan fingerprint density at radius 3 is 2.71 bits per heavy atom. The highest BCUT2D eigenvalue weighted by Crippen LogP contribution is 2.32. The first-order valence-corrected chi connectivity index (χ1v) is 12.5. The second-order valence-corrected chi connectivity index (χ2v) is 9.40. The fourth-order valence-corrected chi connectivity index (χ4v) is 4.53. The van der Waals surface area contributed by atoms with Crippen LogP contribution in [0, 0.1) is 0 Å². The molecule has 4 aromatic rings. The number of hydrogen-bond acceptors (Lipinski definition) is 5. The molecule has 0 radical (unpaired) electrons. The first-order chi connectivity index (χ1) is 16.7. The molecule has 0 aliphatic heterocycles. The van der Waals surface area contributed by atoms with E-state index in [4.69, 9.17) is 4.98 Å². The van der Waals surface area contributed by atoms with Gasteiger partial charge in [-0.15, -0.1) is 0 Å². The van der Waals surface area contributed by atoms with Gasteiger partial charge >= 0.3 is 0 Å². The number of aromatic nitrogens is 4. The predicted octanol–water partition coefficient (Wildman–Crippen LogP) is 6.29. The molecule has 3 aromatic heterocycles. The second kappa shape index (κ2) is 11.8. The smallest absolute Gasteiger partial charge is 0.171 e. The number of hydrogen-bond donors (Lipinski definition) is 2. The van der Waals surface area contributed by atoms with E-state index in [0.29, 0.717) is 18.4 Å². The Balaban J connectivity index is 1.59. The third kappa shape index (κ3) is 6.03. The van der Waals surface area contributed by atoms with Crippen molar-refractivity contribution in [1.29, 1.82) is 0 Å². The van der Waals surface area contributed by atoms with Crippen molar-refractivity contribution >= 4 is 27.4 Å². The van der Waals surface area contributed by atoms with Gasteiger partial charge < -0.3 is 10.6 Å². The Labute approximate surface area is 209 Å². The van der Waals surface area contributed by atoms with E-state index in [2.05, 4.69) is 92.6 Å². The highest BCUT2D eigenvalue weighted by atomic mass is 79.9. The van der Waals surface area contributed by atoms with Gasteiger partial charge in [0.15, 0.2) is 5.65 Å². The van der Waals surface area contributed by atoms with Crippen molar-refractivity contribution in [3.8, 4) is 0 Å². The third-order valence-electron chi connectivity index (χ3n) is 6.16. The Hall–Kier alpha value is -3.19. The third-order valence-corrected chi connectivity index (χ3v) is 6.72. The summed E-state index contributed by atoms with van der Waals surface area (Å²) in [6.45, 7) is 7.63. The van der Waals surface area contributed by atoms with Gasteiger partial charge in [0.25, 0.3) is 0 Å². The van der Waals surface area contributed by atoms with Crippen molar-refractivity contribution < 1.29 is 0 Å². The van der Waals surface area contributed by atoms with Crippen LogP contribution < -0.4 is 10.6 Å². The normalized spacial score (nSPS) is 12.9. The van der Waals surface area contributed by atoms with Crippen LogP contribution in [0.4, 0.5) is 5.82 Å². The van der Waals surface area contributed by atoms with E-state index in [1.165, 1.54) is 5.56 Å². The summed E-state index contributed by atoms with van der Waals surface area (Å²) >= 11 is 3.63. The molecule has 0 saturated heterocycles. The van der Waals surface area contributed by atoms with Crippen LogP contribution in [-0.2, 0) is 6.54 Å². The van der Waals surface area contributed by atoms with Gasteiger partial charge in [-0.1, -0.05) is 49.9 Å². The first-order valence-electron chi connectivity index (χ1n) is 11.7. The summed E-state index contributed by atoms with van der Waals surface area (Å²) in [6.07, 6.45) is 10.3. The lowest BCUT2D eigenvalue weighted by molar-refractivity contribution is 0.505. The molecule has 0 saturated carbocycles. The van der Waals surface area contributed by atoms with Crippen molar-refractivity contribution in [3.63, 3.8) is 0 Å². The summed E-state index contributed by atoms with van der Waals surface area (Å²) in [5, 5.41) is 11.3. The summed E-state index contributed by atoms with van der Waals surface area (Å²) < 4.78 is 2.75. The molecule has 0 bridgehead atoms. The van der Waals surface area contributed by atoms with E-state index in [0.717, 1.165) is 53.0 Å². The average Bonchev–Trinajstić information content (AvgIpc) is 3.26. The molecule has 0 aliphatic carbocycles. The maximum atomic E-state index is 5.03. The molecule has 0 fully saturated rings. The quantitative estimate of drug-likeness (QED) is 0.216. The van der Waals surface area contributed by atoms with Crippen LogP contribution in [0.5, 0.6) is 0 Å². The molecular formula is C27H31BrN6. The Kier molecular flexibility index (Phi) is 8.31. The molecule has 0 amide bonds. The molecule has 0 aliphatic rings. The molecule has 2 atom stereocenters. The number of halogens is 1. The highest BCUT2D eigenvalue weighted by molar-refractivity contribution is 9.10. The maximum Gasteiger partial charge on any atom is 0.171 e. The van der Waals surface area contributed by atoms with Crippen molar-refractivity contribution in [2.45, 2.75) is 44.6 Å². The van der Waals surface area contributed by atoms with Crippen LogP contribution in [0.3, 0.4) is 0 Å². The summed E-state index contributed by atoms with van der Waals surface area (Å²) in [6, 6.07) is 16.9. The Morgan fingerprint density at radius 2 is 1.94 bits per heavy atom. The van der Waals surface area contributed by atoms with Crippen LogP contribution >= 0.6 is 15.9 Å². The number of nitrogens with zero attached hydrogens (tertiary/aromatic N) is 4. The van der Waals surface area contributed by atoms with E-state index >= 15 is 0 Å². The average molecular weight is 519 g/mol. The van der Waals surface area contributed by atoms with Crippen molar-refractivity contribution in [2.24, 2.45) is 0 Å². The topological polar surface area (TPSA) is 67.1 Å². The van der Waals surface area contributed by atoms with E-state index in [1.54, 1.807) is 18.6 Å². The minimum absolute atomic E-state index is 0.310. The van der Waals surface area contributed by atoms with Gasteiger partial charge in [-0.2, -0.15) is 9.61 Å². The van der Waals surface area contributed by atoms with Gasteiger partial charge in [-0.25, -0.2) is 4.98 Å².